The molecule has 0 bridgehead atoms. The van der Waals surface area contributed by atoms with Gasteiger partial charge < -0.3 is 5.73 Å². The van der Waals surface area contributed by atoms with Gasteiger partial charge in [0.1, 0.15) is 11.3 Å². The Morgan fingerprint density at radius 1 is 1.41 bits per heavy atom. The van der Waals surface area contributed by atoms with Crippen LogP contribution in [0.3, 0.4) is 0 Å². The second kappa shape index (κ2) is 3.42. The number of anilines is 1. The van der Waals surface area contributed by atoms with E-state index in [4.69, 9.17) is 17.3 Å². The number of hydrogen-bond donors (Lipinski definition) is 1. The first-order valence-corrected chi connectivity index (χ1v) is 5.21. The van der Waals surface area contributed by atoms with Crippen LogP contribution < -0.4 is 5.73 Å². The average molecular weight is 250 g/mol. The van der Waals surface area contributed by atoms with E-state index in [-0.39, 0.29) is 5.82 Å². The summed E-state index contributed by atoms with van der Waals surface area (Å²) < 4.78 is 3.11. The monoisotopic (exact) mass is 249 g/mol. The van der Waals surface area contributed by atoms with Crippen LogP contribution in [0.15, 0.2) is 18.6 Å². The summed E-state index contributed by atoms with van der Waals surface area (Å²) in [5.74, 6) is 1.46. The van der Waals surface area contributed by atoms with Crippen molar-refractivity contribution in [2.24, 2.45) is 0 Å². The predicted molar refractivity (Wildman–Crippen MR) is 62.1 cm³/mol. The molecule has 0 fully saturated rings. The number of nitrogen functional groups attached to an aromatic ring is 1. The van der Waals surface area contributed by atoms with Gasteiger partial charge in [-0.25, -0.2) is 9.67 Å². The van der Waals surface area contributed by atoms with E-state index in [1.807, 2.05) is 13.0 Å². The summed E-state index contributed by atoms with van der Waals surface area (Å²) in [4.78, 5) is 8.27. The van der Waals surface area contributed by atoms with Crippen LogP contribution in [0.5, 0.6) is 0 Å². The number of fused-ring (bicyclic) bond motifs is 1. The van der Waals surface area contributed by atoms with Crippen molar-refractivity contribution >= 4 is 23.2 Å². The summed E-state index contributed by atoms with van der Waals surface area (Å²) in [6.45, 7) is 1.87. The van der Waals surface area contributed by atoms with Gasteiger partial charge in [0.25, 0.3) is 5.78 Å². The van der Waals surface area contributed by atoms with Crippen LogP contribution in [0.1, 0.15) is 5.69 Å². The molecule has 3 aromatic heterocycles. The Bertz CT molecular complexity index is 679. The van der Waals surface area contributed by atoms with Crippen LogP contribution in [-0.4, -0.2) is 29.4 Å². The molecule has 0 aliphatic carbocycles. The van der Waals surface area contributed by atoms with Crippen LogP contribution in [0.25, 0.3) is 11.6 Å². The molecule has 7 nitrogen and oxygen atoms in total. The number of aromatic nitrogens is 6. The normalized spacial score (nSPS) is 11.2. The Balaban J connectivity index is 2.32. The van der Waals surface area contributed by atoms with Crippen molar-refractivity contribution in [1.29, 1.82) is 0 Å². The first-order chi connectivity index (χ1) is 8.15. The maximum absolute atomic E-state index is 5.87. The molecule has 3 aromatic rings. The highest BCUT2D eigenvalue weighted by molar-refractivity contribution is 6.32. The third-order valence-corrected chi connectivity index (χ3v) is 2.58. The molecule has 3 heterocycles. The van der Waals surface area contributed by atoms with Crippen molar-refractivity contribution < 1.29 is 0 Å². The number of nitrogens with zero attached hydrogens (tertiary/aromatic N) is 6. The Morgan fingerprint density at radius 2 is 2.24 bits per heavy atom. The molecule has 3 rings (SSSR count). The predicted octanol–water partition coefficient (Wildman–Crippen LogP) is 0.854. The van der Waals surface area contributed by atoms with Crippen molar-refractivity contribution in [2.45, 2.75) is 6.92 Å². The number of rotatable bonds is 1. The lowest BCUT2D eigenvalue weighted by atomic mass is 10.4. The van der Waals surface area contributed by atoms with E-state index in [2.05, 4.69) is 20.2 Å². The maximum Gasteiger partial charge on any atom is 0.254 e. The molecular weight excluding hydrogens is 242 g/mol. The quantitative estimate of drug-likeness (QED) is 0.691. The second-order valence-corrected chi connectivity index (χ2v) is 3.94. The van der Waals surface area contributed by atoms with Crippen LogP contribution in [0.2, 0.25) is 5.02 Å². The van der Waals surface area contributed by atoms with Gasteiger partial charge in [0.2, 0.25) is 0 Å². The number of aryl methyl sites for hydroxylation is 1. The molecule has 8 heteroatoms. The lowest BCUT2D eigenvalue weighted by molar-refractivity contribution is 0.780. The smallest absolute Gasteiger partial charge is 0.254 e. The molecule has 86 valence electrons. The van der Waals surface area contributed by atoms with Gasteiger partial charge in [-0.05, 0) is 6.92 Å². The van der Waals surface area contributed by atoms with Crippen molar-refractivity contribution in [1.82, 2.24) is 29.4 Å². The van der Waals surface area contributed by atoms with Crippen LogP contribution in [0, 0.1) is 6.92 Å². The highest BCUT2D eigenvalue weighted by Crippen LogP contribution is 2.19. The zero-order valence-corrected chi connectivity index (χ0v) is 9.63. The summed E-state index contributed by atoms with van der Waals surface area (Å²) in [6, 6.07) is 1.82. The molecule has 0 unspecified atom stereocenters. The van der Waals surface area contributed by atoms with Gasteiger partial charge in [0, 0.05) is 11.8 Å². The summed E-state index contributed by atoms with van der Waals surface area (Å²) >= 11 is 5.87. The molecule has 17 heavy (non-hydrogen) atoms. The molecule has 0 spiro atoms. The van der Waals surface area contributed by atoms with Gasteiger partial charge >= 0.3 is 0 Å². The Morgan fingerprint density at radius 3 is 2.94 bits per heavy atom. The molecule has 0 aliphatic heterocycles. The Labute approximate surface area is 101 Å². The van der Waals surface area contributed by atoms with Crippen molar-refractivity contribution in [3.8, 4) is 5.82 Å². The van der Waals surface area contributed by atoms with Gasteiger partial charge in [0.15, 0.2) is 11.6 Å². The number of hydrogen-bond acceptors (Lipinski definition) is 5. The van der Waals surface area contributed by atoms with Crippen molar-refractivity contribution in [2.75, 3.05) is 5.73 Å². The molecule has 0 aliphatic rings. The molecule has 2 N–H and O–H groups in total. The molecule has 0 radical (unpaired) electrons. The Kier molecular flexibility index (Phi) is 2.02. The summed E-state index contributed by atoms with van der Waals surface area (Å²) in [7, 11) is 0. The highest BCUT2D eigenvalue weighted by atomic mass is 35.5. The van der Waals surface area contributed by atoms with E-state index in [9.17, 15) is 0 Å². The minimum absolute atomic E-state index is 0.273. The van der Waals surface area contributed by atoms with Gasteiger partial charge in [-0.2, -0.15) is 14.6 Å². The topological polar surface area (TPSA) is 86.9 Å². The minimum atomic E-state index is 0.273. The van der Waals surface area contributed by atoms with Crippen molar-refractivity contribution in [3.05, 3.63) is 29.3 Å². The third-order valence-electron chi connectivity index (χ3n) is 2.29. The fraction of sp³-hybridized carbons (Fsp3) is 0.111. The molecule has 0 saturated heterocycles. The minimum Gasteiger partial charge on any atom is -0.381 e. The fourth-order valence-electron chi connectivity index (χ4n) is 1.56. The highest BCUT2D eigenvalue weighted by Gasteiger charge is 2.10. The lowest BCUT2D eigenvalue weighted by Crippen LogP contribution is -2.06. The van der Waals surface area contributed by atoms with Crippen LogP contribution >= 0.6 is 11.6 Å². The molecule has 0 aromatic carbocycles. The SMILES string of the molecule is Cc1cc(-n2cc(Cl)c(N)n2)n2ncnc2n1. The molecule has 0 saturated carbocycles. The summed E-state index contributed by atoms with van der Waals surface area (Å²) in [6.07, 6.45) is 3.05. The van der Waals surface area contributed by atoms with E-state index in [1.54, 1.807) is 15.4 Å². The van der Waals surface area contributed by atoms with E-state index >= 15 is 0 Å². The Hall–Kier alpha value is -2.15. The van der Waals surface area contributed by atoms with Gasteiger partial charge in [-0.15, -0.1) is 5.10 Å². The molecule has 0 atom stereocenters. The lowest BCUT2D eigenvalue weighted by Gasteiger charge is -2.04. The van der Waals surface area contributed by atoms with E-state index in [0.29, 0.717) is 16.6 Å². The number of halogens is 1. The van der Waals surface area contributed by atoms with E-state index < -0.39 is 0 Å². The van der Waals surface area contributed by atoms with E-state index in [1.165, 1.54) is 6.33 Å². The second-order valence-electron chi connectivity index (χ2n) is 3.53. The summed E-state index contributed by atoms with van der Waals surface area (Å²) in [5.41, 5.74) is 6.42. The summed E-state index contributed by atoms with van der Waals surface area (Å²) in [5, 5.41) is 8.57. The maximum atomic E-state index is 5.87. The fourth-order valence-corrected chi connectivity index (χ4v) is 1.69. The van der Waals surface area contributed by atoms with Crippen LogP contribution in [-0.2, 0) is 0 Å². The van der Waals surface area contributed by atoms with E-state index in [0.717, 1.165) is 5.69 Å². The van der Waals surface area contributed by atoms with Gasteiger partial charge in [-0.1, -0.05) is 11.6 Å². The third kappa shape index (κ3) is 1.51. The van der Waals surface area contributed by atoms with Crippen molar-refractivity contribution in [3.63, 3.8) is 0 Å². The number of nitrogens with two attached hydrogens (primary N) is 1. The molecule has 0 amide bonds. The zero-order valence-electron chi connectivity index (χ0n) is 8.87. The largest absolute Gasteiger partial charge is 0.381 e. The standard InChI is InChI=1S/C9H8ClN7/c1-5-2-7(16-3-6(10)8(11)15-16)17-9(14-5)12-4-13-17/h2-4H,1H3,(H2,11,15). The van der Waals surface area contributed by atoms with Gasteiger partial charge in [0.05, 0.1) is 6.20 Å². The zero-order chi connectivity index (χ0) is 12.0. The van der Waals surface area contributed by atoms with Crippen LogP contribution in [0.4, 0.5) is 5.82 Å². The molecular formula is C9H8ClN7. The average Bonchev–Trinajstić information content (AvgIpc) is 2.85. The first kappa shape index (κ1) is 10.0. The first-order valence-electron chi connectivity index (χ1n) is 4.83. The van der Waals surface area contributed by atoms with Gasteiger partial charge in [-0.3, -0.25) is 0 Å².